The summed E-state index contributed by atoms with van der Waals surface area (Å²) < 4.78 is 1.12. The summed E-state index contributed by atoms with van der Waals surface area (Å²) in [6.07, 6.45) is 11.4. The predicted molar refractivity (Wildman–Crippen MR) is 84.6 cm³/mol. The van der Waals surface area contributed by atoms with E-state index in [0.717, 1.165) is 11.0 Å². The zero-order valence-electron chi connectivity index (χ0n) is 11.4. The van der Waals surface area contributed by atoms with Gasteiger partial charge in [-0.3, -0.25) is 4.99 Å². The Bertz CT molecular complexity index is 329. The van der Waals surface area contributed by atoms with Gasteiger partial charge in [-0.2, -0.15) is 0 Å². The molecule has 1 rings (SSSR count). The Morgan fingerprint density at radius 3 is 2.22 bits per heavy atom. The van der Waals surface area contributed by atoms with E-state index in [1.165, 1.54) is 50.5 Å². The lowest BCUT2D eigenvalue weighted by molar-refractivity contribution is 0.593. The number of hydrogen-bond acceptors (Lipinski definition) is 1. The van der Waals surface area contributed by atoms with Crippen LogP contribution in [0.4, 0.5) is 0 Å². The molecule has 0 bridgehead atoms. The lowest BCUT2D eigenvalue weighted by Gasteiger charge is -1.99. The van der Waals surface area contributed by atoms with Gasteiger partial charge in [0.25, 0.3) is 0 Å². The van der Waals surface area contributed by atoms with Crippen molar-refractivity contribution >= 4 is 22.1 Å². The molecular formula is C16H24BrN. The molecule has 0 N–H and O–H groups in total. The fraction of sp³-hybridized carbons (Fsp3) is 0.562. The lowest BCUT2D eigenvalue weighted by atomic mass is 10.1. The third-order valence-electron chi connectivity index (χ3n) is 3.00. The second kappa shape index (κ2) is 10.3. The van der Waals surface area contributed by atoms with Gasteiger partial charge < -0.3 is 0 Å². The molecule has 0 amide bonds. The number of benzene rings is 1. The van der Waals surface area contributed by atoms with Crippen LogP contribution in [-0.2, 0) is 0 Å². The number of unbranched alkanes of at least 4 members (excludes halogenated alkanes) is 6. The molecular weight excluding hydrogens is 286 g/mol. The van der Waals surface area contributed by atoms with Crippen molar-refractivity contribution in [2.24, 2.45) is 4.99 Å². The zero-order chi connectivity index (χ0) is 13.1. The molecule has 100 valence electrons. The van der Waals surface area contributed by atoms with Gasteiger partial charge in [0.05, 0.1) is 0 Å². The Kier molecular flexibility index (Phi) is 8.83. The van der Waals surface area contributed by atoms with Crippen LogP contribution in [0, 0.1) is 0 Å². The third-order valence-corrected chi connectivity index (χ3v) is 3.53. The number of rotatable bonds is 9. The Morgan fingerprint density at radius 2 is 1.56 bits per heavy atom. The minimum absolute atomic E-state index is 0.962. The summed E-state index contributed by atoms with van der Waals surface area (Å²) in [5.74, 6) is 0. The van der Waals surface area contributed by atoms with E-state index in [1.807, 2.05) is 6.21 Å². The van der Waals surface area contributed by atoms with Gasteiger partial charge in [0.15, 0.2) is 0 Å². The third kappa shape index (κ3) is 7.65. The second-order valence-electron chi connectivity index (χ2n) is 4.71. The van der Waals surface area contributed by atoms with Crippen molar-refractivity contribution in [3.63, 3.8) is 0 Å². The van der Waals surface area contributed by atoms with Crippen LogP contribution in [0.5, 0.6) is 0 Å². The second-order valence-corrected chi connectivity index (χ2v) is 5.62. The van der Waals surface area contributed by atoms with Crippen LogP contribution in [0.25, 0.3) is 0 Å². The highest BCUT2D eigenvalue weighted by atomic mass is 79.9. The summed E-state index contributed by atoms with van der Waals surface area (Å²) in [6, 6.07) is 8.26. The number of halogens is 1. The predicted octanol–water partition coefficient (Wildman–Crippen LogP) is 5.62. The first kappa shape index (κ1) is 15.4. The normalized spacial score (nSPS) is 11.2. The van der Waals surface area contributed by atoms with E-state index in [4.69, 9.17) is 0 Å². The van der Waals surface area contributed by atoms with Crippen LogP contribution in [0.15, 0.2) is 33.7 Å². The van der Waals surface area contributed by atoms with Gasteiger partial charge in [-0.25, -0.2) is 0 Å². The van der Waals surface area contributed by atoms with Gasteiger partial charge in [0.2, 0.25) is 0 Å². The van der Waals surface area contributed by atoms with Crippen LogP contribution in [0.1, 0.15) is 57.4 Å². The minimum Gasteiger partial charge on any atom is -0.293 e. The molecule has 0 aliphatic heterocycles. The van der Waals surface area contributed by atoms with Gasteiger partial charge in [-0.15, -0.1) is 0 Å². The maximum Gasteiger partial charge on any atom is 0.0389 e. The van der Waals surface area contributed by atoms with E-state index < -0.39 is 0 Å². The van der Waals surface area contributed by atoms with E-state index >= 15 is 0 Å². The number of hydrogen-bond donors (Lipinski definition) is 0. The molecule has 0 saturated heterocycles. The van der Waals surface area contributed by atoms with Crippen molar-refractivity contribution in [2.75, 3.05) is 6.54 Å². The molecule has 1 nitrogen and oxygen atoms in total. The van der Waals surface area contributed by atoms with Crippen LogP contribution in [0.3, 0.4) is 0 Å². The van der Waals surface area contributed by atoms with Crippen LogP contribution in [-0.4, -0.2) is 12.8 Å². The molecule has 0 radical (unpaired) electrons. The molecule has 0 aromatic heterocycles. The van der Waals surface area contributed by atoms with Crippen molar-refractivity contribution in [2.45, 2.75) is 51.9 Å². The average Bonchev–Trinajstić information content (AvgIpc) is 2.39. The molecule has 0 saturated carbocycles. The largest absolute Gasteiger partial charge is 0.293 e. The highest BCUT2D eigenvalue weighted by Gasteiger charge is 1.90. The van der Waals surface area contributed by atoms with Gasteiger partial charge in [-0.05, 0) is 24.1 Å². The van der Waals surface area contributed by atoms with Crippen molar-refractivity contribution < 1.29 is 0 Å². The van der Waals surface area contributed by atoms with Crippen molar-refractivity contribution in [3.8, 4) is 0 Å². The van der Waals surface area contributed by atoms with Crippen LogP contribution < -0.4 is 0 Å². The Labute approximate surface area is 120 Å². The van der Waals surface area contributed by atoms with E-state index in [2.05, 4.69) is 52.1 Å². The van der Waals surface area contributed by atoms with Crippen molar-refractivity contribution in [1.82, 2.24) is 0 Å². The Morgan fingerprint density at radius 1 is 0.944 bits per heavy atom. The quantitative estimate of drug-likeness (QED) is 0.415. The Hall–Kier alpha value is -0.630. The fourth-order valence-corrected chi connectivity index (χ4v) is 2.14. The molecule has 0 heterocycles. The smallest absolute Gasteiger partial charge is 0.0389 e. The van der Waals surface area contributed by atoms with E-state index in [9.17, 15) is 0 Å². The van der Waals surface area contributed by atoms with Crippen molar-refractivity contribution in [1.29, 1.82) is 0 Å². The highest BCUT2D eigenvalue weighted by Crippen LogP contribution is 2.09. The van der Waals surface area contributed by atoms with Crippen LogP contribution in [0.2, 0.25) is 0 Å². The molecule has 1 aromatic rings. The Balaban J connectivity index is 2.02. The molecule has 0 atom stereocenters. The summed E-state index contributed by atoms with van der Waals surface area (Å²) >= 11 is 3.43. The maximum atomic E-state index is 4.46. The molecule has 18 heavy (non-hydrogen) atoms. The molecule has 1 aromatic carbocycles. The maximum absolute atomic E-state index is 4.46. The molecule has 0 spiro atoms. The molecule has 0 fully saturated rings. The zero-order valence-corrected chi connectivity index (χ0v) is 13.0. The standard InChI is InChI=1S/C16H24BrN/c1-2-3-4-5-6-7-8-13-18-14-15-9-11-16(17)12-10-15/h9-12,14H,2-8,13H2,1H3. The molecule has 2 heteroatoms. The topological polar surface area (TPSA) is 12.4 Å². The SMILES string of the molecule is CCCCCCCCCN=Cc1ccc(Br)cc1. The number of nitrogens with zero attached hydrogens (tertiary/aromatic N) is 1. The monoisotopic (exact) mass is 309 g/mol. The summed E-state index contributed by atoms with van der Waals surface area (Å²) in [7, 11) is 0. The molecule has 0 aliphatic rings. The van der Waals surface area contributed by atoms with Crippen molar-refractivity contribution in [3.05, 3.63) is 34.3 Å². The average molecular weight is 310 g/mol. The van der Waals surface area contributed by atoms with E-state index in [1.54, 1.807) is 0 Å². The minimum atomic E-state index is 0.962. The summed E-state index contributed by atoms with van der Waals surface area (Å²) in [4.78, 5) is 4.46. The lowest BCUT2D eigenvalue weighted by Crippen LogP contribution is -1.86. The van der Waals surface area contributed by atoms with Gasteiger partial charge in [0, 0.05) is 17.2 Å². The first-order chi connectivity index (χ1) is 8.83. The molecule has 0 unspecified atom stereocenters. The fourth-order valence-electron chi connectivity index (χ4n) is 1.88. The van der Waals surface area contributed by atoms with E-state index in [0.29, 0.717) is 0 Å². The first-order valence-electron chi connectivity index (χ1n) is 7.08. The summed E-state index contributed by atoms with van der Waals surface area (Å²) in [5, 5.41) is 0. The van der Waals surface area contributed by atoms with Gasteiger partial charge >= 0.3 is 0 Å². The first-order valence-corrected chi connectivity index (χ1v) is 7.87. The number of aliphatic imine (C=N–C) groups is 1. The van der Waals surface area contributed by atoms with Gasteiger partial charge in [0.1, 0.15) is 0 Å². The summed E-state index contributed by atoms with van der Waals surface area (Å²) in [5.41, 5.74) is 1.18. The van der Waals surface area contributed by atoms with E-state index in [-0.39, 0.29) is 0 Å². The van der Waals surface area contributed by atoms with Crippen LogP contribution >= 0.6 is 15.9 Å². The highest BCUT2D eigenvalue weighted by molar-refractivity contribution is 9.10. The summed E-state index contributed by atoms with van der Waals surface area (Å²) in [6.45, 7) is 3.22. The van der Waals surface area contributed by atoms with Gasteiger partial charge in [-0.1, -0.05) is 73.5 Å². The molecule has 0 aliphatic carbocycles.